The van der Waals surface area contributed by atoms with Crippen LogP contribution in [0.5, 0.6) is 0 Å². The molecule has 1 saturated heterocycles. The third-order valence-corrected chi connectivity index (χ3v) is 1.97. The Morgan fingerprint density at radius 1 is 1.67 bits per heavy atom. The Kier molecular flexibility index (Phi) is 3.47. The van der Waals surface area contributed by atoms with E-state index in [2.05, 4.69) is 4.74 Å². The summed E-state index contributed by atoms with van der Waals surface area (Å²) >= 11 is 0. The van der Waals surface area contributed by atoms with Gasteiger partial charge in [-0.1, -0.05) is 0 Å². The zero-order chi connectivity index (χ0) is 8.97. The molecule has 1 heterocycles. The van der Waals surface area contributed by atoms with Crippen LogP contribution in [0.15, 0.2) is 0 Å². The lowest BCUT2D eigenvalue weighted by molar-refractivity contribution is -0.154. The van der Waals surface area contributed by atoms with Crippen molar-refractivity contribution < 1.29 is 18.7 Å². The van der Waals surface area contributed by atoms with Gasteiger partial charge in [-0.25, -0.2) is 9.18 Å². The molecule has 0 N–H and O–H groups in total. The second-order valence-electron chi connectivity index (χ2n) is 2.83. The van der Waals surface area contributed by atoms with Crippen molar-refractivity contribution in [3.63, 3.8) is 0 Å². The van der Waals surface area contributed by atoms with E-state index in [1.165, 1.54) is 7.11 Å². The van der Waals surface area contributed by atoms with Crippen LogP contribution >= 0.6 is 0 Å². The summed E-state index contributed by atoms with van der Waals surface area (Å²) in [4.78, 5) is 10.7. The summed E-state index contributed by atoms with van der Waals surface area (Å²) in [6, 6.07) is 0. The third kappa shape index (κ3) is 2.17. The van der Waals surface area contributed by atoms with Crippen molar-refractivity contribution in [2.45, 2.75) is 31.5 Å². The Hall–Kier alpha value is -0.640. The predicted molar refractivity (Wildman–Crippen MR) is 40.5 cm³/mol. The topological polar surface area (TPSA) is 35.5 Å². The van der Waals surface area contributed by atoms with Gasteiger partial charge >= 0.3 is 5.97 Å². The van der Waals surface area contributed by atoms with E-state index < -0.39 is 18.2 Å². The van der Waals surface area contributed by atoms with E-state index >= 15 is 0 Å². The van der Waals surface area contributed by atoms with Crippen LogP contribution in [0.25, 0.3) is 0 Å². The maximum atomic E-state index is 13.1. The van der Waals surface area contributed by atoms with Crippen molar-refractivity contribution in [3.8, 4) is 0 Å². The highest BCUT2D eigenvalue weighted by Crippen LogP contribution is 2.18. The highest BCUT2D eigenvalue weighted by atomic mass is 19.1. The third-order valence-electron chi connectivity index (χ3n) is 1.97. The van der Waals surface area contributed by atoms with E-state index in [0.717, 1.165) is 12.8 Å². The zero-order valence-electron chi connectivity index (χ0n) is 7.09. The van der Waals surface area contributed by atoms with Gasteiger partial charge in [0.1, 0.15) is 0 Å². The van der Waals surface area contributed by atoms with E-state index in [-0.39, 0.29) is 0 Å². The van der Waals surface area contributed by atoms with Crippen molar-refractivity contribution in [1.82, 2.24) is 0 Å². The number of methoxy groups -OCH3 is 1. The second-order valence-corrected chi connectivity index (χ2v) is 2.83. The van der Waals surface area contributed by atoms with Crippen LogP contribution in [0.1, 0.15) is 19.3 Å². The molecule has 0 amide bonds. The molecule has 4 heteroatoms. The van der Waals surface area contributed by atoms with Gasteiger partial charge in [0.2, 0.25) is 6.17 Å². The van der Waals surface area contributed by atoms with Crippen LogP contribution in [0.2, 0.25) is 0 Å². The van der Waals surface area contributed by atoms with Gasteiger partial charge < -0.3 is 9.47 Å². The maximum absolute atomic E-state index is 13.1. The highest BCUT2D eigenvalue weighted by molar-refractivity contribution is 5.75. The molecule has 0 aromatic carbocycles. The van der Waals surface area contributed by atoms with Crippen molar-refractivity contribution >= 4 is 5.97 Å². The molecular weight excluding hydrogens is 163 g/mol. The molecule has 1 rings (SSSR count). The van der Waals surface area contributed by atoms with E-state index in [4.69, 9.17) is 4.74 Å². The van der Waals surface area contributed by atoms with Crippen LogP contribution in [0, 0.1) is 0 Å². The monoisotopic (exact) mass is 176 g/mol. The lowest BCUT2D eigenvalue weighted by atomic mass is 10.1. The molecule has 0 spiro atoms. The summed E-state index contributed by atoms with van der Waals surface area (Å²) in [5.41, 5.74) is 0. The highest BCUT2D eigenvalue weighted by Gasteiger charge is 2.30. The lowest BCUT2D eigenvalue weighted by Gasteiger charge is -2.23. The molecule has 2 unspecified atom stereocenters. The minimum atomic E-state index is -1.62. The smallest absolute Gasteiger partial charge is 0.343 e. The Morgan fingerprint density at radius 2 is 2.42 bits per heavy atom. The first-order valence-electron chi connectivity index (χ1n) is 4.09. The number of carbonyl (C=O) groups is 1. The Morgan fingerprint density at radius 3 is 2.92 bits per heavy atom. The van der Waals surface area contributed by atoms with Gasteiger partial charge in [-0.05, 0) is 19.3 Å². The van der Waals surface area contributed by atoms with Crippen molar-refractivity contribution in [1.29, 1.82) is 0 Å². The summed E-state index contributed by atoms with van der Waals surface area (Å²) in [6.45, 7) is 0.544. The molecule has 0 radical (unpaired) electrons. The number of carbonyl (C=O) groups excluding carboxylic acids is 1. The molecule has 0 aromatic rings. The summed E-state index contributed by atoms with van der Waals surface area (Å²) in [5, 5.41) is 0. The van der Waals surface area contributed by atoms with Gasteiger partial charge in [0, 0.05) is 6.61 Å². The lowest BCUT2D eigenvalue weighted by Crippen LogP contribution is -2.35. The first kappa shape index (κ1) is 9.45. The van der Waals surface area contributed by atoms with E-state index in [1.54, 1.807) is 0 Å². The summed E-state index contributed by atoms with van der Waals surface area (Å²) in [6.07, 6.45) is 0.268. The number of halogens is 1. The second kappa shape index (κ2) is 4.40. The van der Waals surface area contributed by atoms with Gasteiger partial charge in [0.05, 0.1) is 13.2 Å². The standard InChI is InChI=1S/C8H13FO3/c1-11-8(10)7(9)6-4-2-3-5-12-6/h6-7H,2-5H2,1H3. The fourth-order valence-electron chi connectivity index (χ4n) is 1.26. The summed E-state index contributed by atoms with van der Waals surface area (Å²) < 4.78 is 22.4. The molecule has 1 aliphatic rings. The Balaban J connectivity index is 2.39. The molecule has 12 heavy (non-hydrogen) atoms. The van der Waals surface area contributed by atoms with Gasteiger partial charge in [-0.3, -0.25) is 0 Å². The van der Waals surface area contributed by atoms with Crippen molar-refractivity contribution in [2.75, 3.05) is 13.7 Å². The predicted octanol–water partition coefficient (Wildman–Crippen LogP) is 1.07. The average Bonchev–Trinajstić information content (AvgIpc) is 2.17. The van der Waals surface area contributed by atoms with Crippen LogP contribution < -0.4 is 0 Å². The van der Waals surface area contributed by atoms with E-state index in [0.29, 0.717) is 13.0 Å². The normalized spacial score (nSPS) is 26.3. The maximum Gasteiger partial charge on any atom is 0.343 e. The quantitative estimate of drug-likeness (QED) is 0.590. The van der Waals surface area contributed by atoms with Gasteiger partial charge in [0.15, 0.2) is 0 Å². The minimum absolute atomic E-state index is 0.544. The molecule has 0 saturated carbocycles. The van der Waals surface area contributed by atoms with Gasteiger partial charge in [0.25, 0.3) is 0 Å². The summed E-state index contributed by atoms with van der Waals surface area (Å²) in [5.74, 6) is -0.832. The number of hydrogen-bond donors (Lipinski definition) is 0. The molecule has 1 fully saturated rings. The number of alkyl halides is 1. The Labute approximate surface area is 70.8 Å². The number of esters is 1. The van der Waals surface area contributed by atoms with Gasteiger partial charge in [-0.2, -0.15) is 0 Å². The average molecular weight is 176 g/mol. The van der Waals surface area contributed by atoms with E-state index in [1.807, 2.05) is 0 Å². The largest absolute Gasteiger partial charge is 0.467 e. The Bertz CT molecular complexity index is 154. The van der Waals surface area contributed by atoms with Crippen LogP contribution in [0.4, 0.5) is 4.39 Å². The van der Waals surface area contributed by atoms with Crippen LogP contribution in [-0.2, 0) is 14.3 Å². The van der Waals surface area contributed by atoms with Crippen molar-refractivity contribution in [2.24, 2.45) is 0 Å². The molecule has 2 atom stereocenters. The molecular formula is C8H13FO3. The fourth-order valence-corrected chi connectivity index (χ4v) is 1.26. The molecule has 0 aromatic heterocycles. The molecule has 1 aliphatic heterocycles. The number of hydrogen-bond acceptors (Lipinski definition) is 3. The van der Waals surface area contributed by atoms with Crippen molar-refractivity contribution in [3.05, 3.63) is 0 Å². The van der Waals surface area contributed by atoms with E-state index in [9.17, 15) is 9.18 Å². The number of rotatable bonds is 2. The van der Waals surface area contributed by atoms with Gasteiger partial charge in [-0.15, -0.1) is 0 Å². The molecule has 0 bridgehead atoms. The molecule has 70 valence electrons. The molecule has 3 nitrogen and oxygen atoms in total. The summed E-state index contributed by atoms with van der Waals surface area (Å²) in [7, 11) is 1.18. The first-order chi connectivity index (χ1) is 5.75. The SMILES string of the molecule is COC(=O)C(F)C1CCCCO1. The van der Waals surface area contributed by atoms with Crippen LogP contribution in [-0.4, -0.2) is 32.0 Å². The first-order valence-corrected chi connectivity index (χ1v) is 4.09. The zero-order valence-corrected chi connectivity index (χ0v) is 7.09. The molecule has 0 aliphatic carbocycles. The number of ether oxygens (including phenoxy) is 2. The van der Waals surface area contributed by atoms with Crippen LogP contribution in [0.3, 0.4) is 0 Å². The minimum Gasteiger partial charge on any atom is -0.467 e. The fraction of sp³-hybridized carbons (Fsp3) is 0.875.